The van der Waals surface area contributed by atoms with Gasteiger partial charge in [-0.25, -0.2) is 8.42 Å². The second-order valence-electron chi connectivity index (χ2n) is 5.19. The summed E-state index contributed by atoms with van der Waals surface area (Å²) in [4.78, 5) is 0. The first-order valence-corrected chi connectivity index (χ1v) is 7.73. The van der Waals surface area contributed by atoms with E-state index in [9.17, 15) is 26.1 Å². The van der Waals surface area contributed by atoms with Crippen LogP contribution in [-0.2, 0) is 14.9 Å². The van der Waals surface area contributed by atoms with Crippen LogP contribution in [0.3, 0.4) is 0 Å². The van der Waals surface area contributed by atoms with Crippen LogP contribution in [0.25, 0.3) is 0 Å². The topological polar surface area (TPSA) is 66.4 Å². The second-order valence-corrected chi connectivity index (χ2v) is 6.71. The van der Waals surface area contributed by atoms with Gasteiger partial charge < -0.3 is 13.8 Å². The number of hydrogen-bond acceptors (Lipinski definition) is 4. The largest absolute Gasteiger partial charge is 0.748 e. The molecule has 0 aromatic carbocycles. The van der Waals surface area contributed by atoms with Gasteiger partial charge in [-0.15, -0.1) is 0 Å². The number of alkyl halides is 3. The van der Waals surface area contributed by atoms with Crippen molar-refractivity contribution in [3.63, 3.8) is 0 Å². The fourth-order valence-electron chi connectivity index (χ4n) is 0.932. The third-order valence-corrected chi connectivity index (χ3v) is 2.75. The summed E-state index contributed by atoms with van der Waals surface area (Å²) < 4.78 is 69.6. The average Bonchev–Trinajstić information content (AvgIpc) is 2.12. The molecule has 0 unspecified atom stereocenters. The van der Waals surface area contributed by atoms with Crippen molar-refractivity contribution in [2.75, 3.05) is 46.7 Å². The number of ether oxygens (including phenoxy) is 1. The van der Waals surface area contributed by atoms with E-state index in [1.54, 1.807) is 0 Å². The van der Waals surface area contributed by atoms with E-state index in [1.165, 1.54) is 0 Å². The van der Waals surface area contributed by atoms with Crippen molar-refractivity contribution in [3.8, 4) is 0 Å². The Balaban J connectivity index is 0. The molecule has 0 aromatic rings. The maximum Gasteiger partial charge on any atom is 0.389 e. The lowest BCUT2D eigenvalue weighted by molar-refractivity contribution is -0.870. The SMILES string of the molecule is CCOCC[N+](C)(C)C.O=S(=O)([O-])CCCC(F)(F)F. The van der Waals surface area contributed by atoms with Gasteiger partial charge in [0.05, 0.1) is 37.9 Å². The molecule has 5 nitrogen and oxygen atoms in total. The van der Waals surface area contributed by atoms with Gasteiger partial charge in [-0.1, -0.05) is 0 Å². The van der Waals surface area contributed by atoms with E-state index in [-0.39, 0.29) is 0 Å². The van der Waals surface area contributed by atoms with Gasteiger partial charge in [0.2, 0.25) is 0 Å². The summed E-state index contributed by atoms with van der Waals surface area (Å²) in [6.45, 7) is 4.82. The molecule has 0 N–H and O–H groups in total. The van der Waals surface area contributed by atoms with Crippen LogP contribution in [0.2, 0.25) is 0 Å². The summed E-state index contributed by atoms with van der Waals surface area (Å²) >= 11 is 0. The van der Waals surface area contributed by atoms with Crippen LogP contribution in [0.15, 0.2) is 0 Å². The van der Waals surface area contributed by atoms with Gasteiger partial charge >= 0.3 is 6.18 Å². The summed E-state index contributed by atoms with van der Waals surface area (Å²) in [7, 11) is 2.00. The fourth-order valence-corrected chi connectivity index (χ4v) is 1.43. The van der Waals surface area contributed by atoms with E-state index in [2.05, 4.69) is 21.1 Å². The molecule has 0 amide bonds. The molecular weight excluding hydrogens is 299 g/mol. The quantitative estimate of drug-likeness (QED) is 0.405. The summed E-state index contributed by atoms with van der Waals surface area (Å²) in [6.07, 6.45) is -6.27. The predicted molar refractivity (Wildman–Crippen MR) is 69.2 cm³/mol. The van der Waals surface area contributed by atoms with Crippen LogP contribution < -0.4 is 0 Å². The zero-order valence-electron chi connectivity index (χ0n) is 12.4. The van der Waals surface area contributed by atoms with Crippen molar-refractivity contribution >= 4 is 10.1 Å². The lowest BCUT2D eigenvalue weighted by Gasteiger charge is -2.23. The molecule has 0 spiro atoms. The molecule has 20 heavy (non-hydrogen) atoms. The number of nitrogens with zero attached hydrogens (tertiary/aromatic N) is 1. The number of quaternary nitrogens is 1. The van der Waals surface area contributed by atoms with Crippen LogP contribution >= 0.6 is 0 Å². The Morgan fingerprint density at radius 2 is 1.70 bits per heavy atom. The Morgan fingerprint density at radius 3 is 2.00 bits per heavy atom. The number of likely N-dealkylation sites (N-methyl/N-ethyl adjacent to an activating group) is 1. The lowest BCUT2D eigenvalue weighted by atomic mass is 10.3. The number of hydrogen-bond donors (Lipinski definition) is 0. The van der Waals surface area contributed by atoms with Crippen LogP contribution in [0.1, 0.15) is 19.8 Å². The Morgan fingerprint density at radius 1 is 1.20 bits per heavy atom. The summed E-state index contributed by atoms with van der Waals surface area (Å²) in [5, 5.41) is 0. The van der Waals surface area contributed by atoms with E-state index >= 15 is 0 Å². The van der Waals surface area contributed by atoms with Crippen LogP contribution in [0.5, 0.6) is 0 Å². The van der Waals surface area contributed by atoms with E-state index in [0.717, 1.165) is 24.2 Å². The normalized spacial score (nSPS) is 12.8. The number of halogens is 3. The van der Waals surface area contributed by atoms with E-state index in [0.29, 0.717) is 0 Å². The summed E-state index contributed by atoms with van der Waals surface area (Å²) in [5.41, 5.74) is 0. The van der Waals surface area contributed by atoms with Crippen molar-refractivity contribution in [1.82, 2.24) is 0 Å². The molecule has 0 atom stereocenters. The maximum absolute atomic E-state index is 11.3. The first-order valence-electron chi connectivity index (χ1n) is 6.15. The minimum absolute atomic E-state index is 0.657. The molecule has 9 heteroatoms. The van der Waals surface area contributed by atoms with Crippen molar-refractivity contribution in [3.05, 3.63) is 0 Å². The van der Waals surface area contributed by atoms with Gasteiger partial charge in [0.25, 0.3) is 0 Å². The molecule has 0 saturated heterocycles. The summed E-state index contributed by atoms with van der Waals surface area (Å²) in [6, 6.07) is 0. The zero-order chi connectivity index (χ0) is 16.4. The molecule has 124 valence electrons. The zero-order valence-corrected chi connectivity index (χ0v) is 13.2. The second kappa shape index (κ2) is 9.54. The third-order valence-electron chi connectivity index (χ3n) is 1.97. The van der Waals surface area contributed by atoms with Crippen molar-refractivity contribution in [2.24, 2.45) is 0 Å². The molecule has 0 radical (unpaired) electrons. The first-order chi connectivity index (χ1) is 8.77. The summed E-state index contributed by atoms with van der Waals surface area (Å²) in [5.74, 6) is -0.952. The molecule has 0 saturated carbocycles. The van der Waals surface area contributed by atoms with Crippen LogP contribution in [-0.4, -0.2) is 70.3 Å². The molecule has 0 aromatic heterocycles. The van der Waals surface area contributed by atoms with Gasteiger partial charge in [0.15, 0.2) is 0 Å². The Hall–Kier alpha value is -0.380. The molecule has 0 fully saturated rings. The van der Waals surface area contributed by atoms with Gasteiger partial charge in [-0.05, 0) is 13.3 Å². The molecule has 0 aliphatic rings. The highest BCUT2D eigenvalue weighted by Gasteiger charge is 2.26. The molecule has 0 rings (SSSR count). The van der Waals surface area contributed by atoms with Crippen molar-refractivity contribution in [2.45, 2.75) is 25.9 Å². The predicted octanol–water partition coefficient (Wildman–Crippen LogP) is 1.60. The standard InChI is InChI=1S/C7H18NO.C4H7F3O3S/c1-5-9-7-6-8(2,3)4;5-4(6,7)2-1-3-11(8,9)10/h5-7H2,1-4H3;1-3H2,(H,8,9,10)/q+1;/p-1. The van der Waals surface area contributed by atoms with Gasteiger partial charge in [-0.3, -0.25) is 0 Å². The first kappa shape index (κ1) is 21.9. The molecule has 0 bridgehead atoms. The average molecular weight is 323 g/mol. The Labute approximate surface area is 119 Å². The smallest absolute Gasteiger partial charge is 0.389 e. The minimum Gasteiger partial charge on any atom is -0.748 e. The van der Waals surface area contributed by atoms with Crippen LogP contribution in [0, 0.1) is 0 Å². The van der Waals surface area contributed by atoms with E-state index in [1.807, 2.05) is 6.92 Å². The highest BCUT2D eigenvalue weighted by Crippen LogP contribution is 2.21. The molecule has 0 aliphatic heterocycles. The molecule has 0 heterocycles. The minimum atomic E-state index is -4.50. The molecule has 0 aliphatic carbocycles. The Bertz CT molecular complexity index is 337. The Kier molecular flexibility index (Phi) is 10.4. The van der Waals surface area contributed by atoms with Gasteiger partial charge in [0.1, 0.15) is 6.54 Å². The van der Waals surface area contributed by atoms with Gasteiger partial charge in [0, 0.05) is 18.8 Å². The van der Waals surface area contributed by atoms with Crippen molar-refractivity contribution < 1.29 is 35.4 Å². The van der Waals surface area contributed by atoms with E-state index < -0.39 is 34.9 Å². The maximum atomic E-state index is 11.3. The van der Waals surface area contributed by atoms with E-state index in [4.69, 9.17) is 4.74 Å². The highest BCUT2D eigenvalue weighted by molar-refractivity contribution is 7.85. The van der Waals surface area contributed by atoms with Gasteiger partial charge in [-0.2, -0.15) is 13.2 Å². The number of rotatable bonds is 7. The van der Waals surface area contributed by atoms with Crippen molar-refractivity contribution in [1.29, 1.82) is 0 Å². The highest BCUT2D eigenvalue weighted by atomic mass is 32.2. The fraction of sp³-hybridized carbons (Fsp3) is 1.00. The monoisotopic (exact) mass is 323 g/mol. The lowest BCUT2D eigenvalue weighted by Crippen LogP contribution is -2.37. The van der Waals surface area contributed by atoms with Crippen LogP contribution in [0.4, 0.5) is 13.2 Å². The third kappa shape index (κ3) is 26.2. The molecular formula is C11H24F3NO4S.